The molecule has 0 saturated heterocycles. The van der Waals surface area contributed by atoms with Crippen LogP contribution in [0.3, 0.4) is 0 Å². The summed E-state index contributed by atoms with van der Waals surface area (Å²) in [7, 11) is 0. The van der Waals surface area contributed by atoms with Crippen LogP contribution < -0.4 is 10.6 Å². The lowest BCUT2D eigenvalue weighted by Crippen LogP contribution is -2.14. The Morgan fingerprint density at radius 1 is 1.25 bits per heavy atom. The van der Waals surface area contributed by atoms with Gasteiger partial charge >= 0.3 is 0 Å². The number of amides is 2. The van der Waals surface area contributed by atoms with Crippen LogP contribution >= 0.6 is 11.3 Å². The van der Waals surface area contributed by atoms with E-state index in [-0.39, 0.29) is 24.1 Å². The van der Waals surface area contributed by atoms with Crippen LogP contribution in [-0.2, 0) is 16.0 Å². The molecule has 1 heterocycles. The number of carbonyl (C=O) groups excluding carboxylic acids is 2. The highest BCUT2D eigenvalue weighted by Crippen LogP contribution is 2.16. The molecule has 0 bridgehead atoms. The molecule has 1 aromatic carbocycles. The molecule has 0 aliphatic carbocycles. The summed E-state index contributed by atoms with van der Waals surface area (Å²) in [6.07, 6.45) is 0.0907. The molecule has 0 unspecified atom stereocenters. The summed E-state index contributed by atoms with van der Waals surface area (Å²) in [5.41, 5.74) is 1.09. The summed E-state index contributed by atoms with van der Waals surface area (Å²) in [4.78, 5) is 26.7. The van der Waals surface area contributed by atoms with Crippen molar-refractivity contribution in [1.29, 1.82) is 0 Å². The fourth-order valence-corrected chi connectivity index (χ4v) is 2.26. The maximum atomic E-state index is 12.7. The fourth-order valence-electron chi connectivity index (χ4n) is 1.50. The molecule has 0 atom stereocenters. The molecule has 0 fully saturated rings. The molecule has 2 amide bonds. The van der Waals surface area contributed by atoms with Crippen LogP contribution in [0.15, 0.2) is 29.6 Å². The van der Waals surface area contributed by atoms with Crippen LogP contribution in [0.1, 0.15) is 12.6 Å². The van der Waals surface area contributed by atoms with Crippen molar-refractivity contribution in [3.63, 3.8) is 0 Å². The zero-order valence-electron chi connectivity index (χ0n) is 10.6. The van der Waals surface area contributed by atoms with Gasteiger partial charge in [-0.1, -0.05) is 0 Å². The maximum Gasteiger partial charge on any atom is 0.230 e. The van der Waals surface area contributed by atoms with Gasteiger partial charge in [-0.3, -0.25) is 9.59 Å². The van der Waals surface area contributed by atoms with Crippen molar-refractivity contribution in [3.8, 4) is 0 Å². The molecule has 0 radical (unpaired) electrons. The highest BCUT2D eigenvalue weighted by molar-refractivity contribution is 7.13. The van der Waals surface area contributed by atoms with E-state index in [2.05, 4.69) is 15.6 Å². The minimum atomic E-state index is -0.359. The van der Waals surface area contributed by atoms with Gasteiger partial charge in [-0.2, -0.15) is 0 Å². The van der Waals surface area contributed by atoms with Gasteiger partial charge in [0.15, 0.2) is 5.13 Å². The fraction of sp³-hybridized carbons (Fsp3) is 0.154. The summed E-state index contributed by atoms with van der Waals surface area (Å²) in [5.74, 6) is -0.819. The van der Waals surface area contributed by atoms with Gasteiger partial charge < -0.3 is 10.6 Å². The molecular weight excluding hydrogens is 281 g/mol. The van der Waals surface area contributed by atoms with E-state index in [9.17, 15) is 14.0 Å². The number of anilines is 2. The van der Waals surface area contributed by atoms with Crippen molar-refractivity contribution in [2.75, 3.05) is 10.6 Å². The third-order valence-electron chi connectivity index (χ3n) is 2.30. The normalized spacial score (nSPS) is 10.1. The number of benzene rings is 1. The first-order valence-corrected chi connectivity index (χ1v) is 6.68. The Hall–Kier alpha value is -2.28. The quantitative estimate of drug-likeness (QED) is 0.909. The van der Waals surface area contributed by atoms with E-state index in [1.54, 1.807) is 5.38 Å². The molecule has 20 heavy (non-hydrogen) atoms. The minimum Gasteiger partial charge on any atom is -0.326 e. The Morgan fingerprint density at radius 2 is 1.95 bits per heavy atom. The van der Waals surface area contributed by atoms with E-state index in [0.717, 1.165) is 0 Å². The van der Waals surface area contributed by atoms with Crippen molar-refractivity contribution in [1.82, 2.24) is 4.98 Å². The van der Waals surface area contributed by atoms with E-state index in [1.807, 2.05) is 0 Å². The van der Waals surface area contributed by atoms with Crippen LogP contribution in [-0.4, -0.2) is 16.8 Å². The van der Waals surface area contributed by atoms with Crippen molar-refractivity contribution >= 4 is 34.0 Å². The topological polar surface area (TPSA) is 71.1 Å². The minimum absolute atomic E-state index is 0.0907. The number of aromatic nitrogens is 1. The number of hydrogen-bond acceptors (Lipinski definition) is 4. The Morgan fingerprint density at radius 3 is 2.60 bits per heavy atom. The van der Waals surface area contributed by atoms with Crippen molar-refractivity contribution in [2.45, 2.75) is 13.3 Å². The number of thiazole rings is 1. The van der Waals surface area contributed by atoms with Gasteiger partial charge in [-0.15, -0.1) is 11.3 Å². The number of rotatable bonds is 4. The predicted octanol–water partition coefficient (Wildman–Crippen LogP) is 2.42. The summed E-state index contributed by atoms with van der Waals surface area (Å²) < 4.78 is 12.7. The molecule has 1 aromatic heterocycles. The number of nitrogens with one attached hydrogen (secondary N) is 2. The number of carbonyl (C=O) groups is 2. The molecule has 0 saturated carbocycles. The molecule has 2 aromatic rings. The molecule has 0 aliphatic heterocycles. The molecule has 5 nitrogen and oxygen atoms in total. The second-order valence-corrected chi connectivity index (χ2v) is 4.92. The van der Waals surface area contributed by atoms with E-state index in [1.165, 1.54) is 42.5 Å². The summed E-state index contributed by atoms with van der Waals surface area (Å²) in [5, 5.41) is 7.35. The lowest BCUT2D eigenvalue weighted by Gasteiger charge is -2.03. The Bertz CT molecular complexity index is 625. The first kappa shape index (κ1) is 14.1. The standard InChI is InChI=1S/C13H12FN3O2S/c1-8(18)15-13-17-11(7-20-13)6-12(19)16-10-4-2-9(14)3-5-10/h2-5,7H,6H2,1H3,(H,16,19)(H,15,17,18). The van der Waals surface area contributed by atoms with Gasteiger partial charge in [0.05, 0.1) is 12.1 Å². The monoisotopic (exact) mass is 293 g/mol. The van der Waals surface area contributed by atoms with Crippen molar-refractivity contribution in [2.24, 2.45) is 0 Å². The number of hydrogen-bond donors (Lipinski definition) is 2. The van der Waals surface area contributed by atoms with Gasteiger partial charge in [0.2, 0.25) is 11.8 Å². The first-order chi connectivity index (χ1) is 9.52. The van der Waals surface area contributed by atoms with Crippen molar-refractivity contribution < 1.29 is 14.0 Å². The lowest BCUT2D eigenvalue weighted by molar-refractivity contribution is -0.116. The molecule has 0 aliphatic rings. The van der Waals surface area contributed by atoms with E-state index < -0.39 is 0 Å². The summed E-state index contributed by atoms with van der Waals surface area (Å²) in [6.45, 7) is 1.39. The lowest BCUT2D eigenvalue weighted by atomic mass is 10.3. The molecule has 7 heteroatoms. The molecule has 2 rings (SSSR count). The van der Waals surface area contributed by atoms with Crippen LogP contribution in [0.25, 0.3) is 0 Å². The van der Waals surface area contributed by atoms with E-state index in [0.29, 0.717) is 16.5 Å². The predicted molar refractivity (Wildman–Crippen MR) is 75.2 cm³/mol. The Balaban J connectivity index is 1.92. The van der Waals surface area contributed by atoms with E-state index >= 15 is 0 Å². The summed E-state index contributed by atoms with van der Waals surface area (Å²) in [6, 6.07) is 5.51. The Labute approximate surface area is 118 Å². The largest absolute Gasteiger partial charge is 0.326 e. The van der Waals surface area contributed by atoms with Crippen LogP contribution in [0.5, 0.6) is 0 Å². The average molecular weight is 293 g/mol. The number of halogens is 1. The zero-order valence-corrected chi connectivity index (χ0v) is 11.5. The smallest absolute Gasteiger partial charge is 0.230 e. The number of nitrogens with zero attached hydrogens (tertiary/aromatic N) is 1. The maximum absolute atomic E-state index is 12.7. The van der Waals surface area contributed by atoms with Crippen molar-refractivity contribution in [3.05, 3.63) is 41.2 Å². The zero-order chi connectivity index (χ0) is 14.5. The first-order valence-electron chi connectivity index (χ1n) is 5.80. The molecular formula is C13H12FN3O2S. The third kappa shape index (κ3) is 4.13. The van der Waals surface area contributed by atoms with Gasteiger partial charge in [0.1, 0.15) is 5.82 Å². The SMILES string of the molecule is CC(=O)Nc1nc(CC(=O)Nc2ccc(F)cc2)cs1. The molecule has 0 spiro atoms. The van der Waals surface area contributed by atoms with E-state index in [4.69, 9.17) is 0 Å². The third-order valence-corrected chi connectivity index (χ3v) is 3.11. The molecule has 2 N–H and O–H groups in total. The van der Waals surface area contributed by atoms with Crippen LogP contribution in [0.4, 0.5) is 15.2 Å². The van der Waals surface area contributed by atoms with Gasteiger partial charge in [-0.25, -0.2) is 9.37 Å². The average Bonchev–Trinajstić information content (AvgIpc) is 2.78. The molecule has 104 valence electrons. The Kier molecular flexibility index (Phi) is 4.41. The summed E-state index contributed by atoms with van der Waals surface area (Å²) >= 11 is 1.26. The second kappa shape index (κ2) is 6.25. The highest BCUT2D eigenvalue weighted by Gasteiger charge is 2.09. The van der Waals surface area contributed by atoms with Gasteiger partial charge in [0, 0.05) is 18.0 Å². The van der Waals surface area contributed by atoms with Gasteiger partial charge in [-0.05, 0) is 24.3 Å². The van der Waals surface area contributed by atoms with Crippen LogP contribution in [0.2, 0.25) is 0 Å². The highest BCUT2D eigenvalue weighted by atomic mass is 32.1. The van der Waals surface area contributed by atoms with Gasteiger partial charge in [0.25, 0.3) is 0 Å². The second-order valence-electron chi connectivity index (χ2n) is 4.06. The van der Waals surface area contributed by atoms with Crippen LogP contribution in [0, 0.1) is 5.82 Å².